The van der Waals surface area contributed by atoms with E-state index in [2.05, 4.69) is 20.8 Å². The van der Waals surface area contributed by atoms with Crippen LogP contribution in [0.2, 0.25) is 0 Å². The number of hydrogen-bond acceptors (Lipinski definition) is 6. The largest absolute Gasteiger partial charge is 0.461 e. The fourth-order valence-corrected chi connectivity index (χ4v) is 3.53. The van der Waals surface area contributed by atoms with Gasteiger partial charge in [-0.2, -0.15) is 0 Å². The molecule has 3 aromatic rings. The summed E-state index contributed by atoms with van der Waals surface area (Å²) in [5.41, 5.74) is 1.09. The summed E-state index contributed by atoms with van der Waals surface area (Å²) >= 11 is 1.27. The van der Waals surface area contributed by atoms with E-state index in [1.54, 1.807) is 12.3 Å². The highest BCUT2D eigenvalue weighted by Crippen LogP contribution is 2.25. The van der Waals surface area contributed by atoms with E-state index >= 15 is 0 Å². The van der Waals surface area contributed by atoms with E-state index in [1.165, 1.54) is 11.8 Å². The molecule has 0 saturated heterocycles. The Morgan fingerprint density at radius 3 is 2.66 bits per heavy atom. The van der Waals surface area contributed by atoms with Crippen molar-refractivity contribution in [3.63, 3.8) is 0 Å². The summed E-state index contributed by atoms with van der Waals surface area (Å²) in [7, 11) is 0. The summed E-state index contributed by atoms with van der Waals surface area (Å²) in [6.07, 6.45) is 3.62. The van der Waals surface area contributed by atoms with Crippen molar-refractivity contribution >= 4 is 23.6 Å². The summed E-state index contributed by atoms with van der Waals surface area (Å²) in [5, 5.41) is 14.6. The molecule has 0 bridgehead atoms. The van der Waals surface area contributed by atoms with Crippen LogP contribution < -0.4 is 10.6 Å². The summed E-state index contributed by atoms with van der Waals surface area (Å²) < 4.78 is 7.40. The van der Waals surface area contributed by atoms with E-state index in [1.807, 2.05) is 41.0 Å². The van der Waals surface area contributed by atoms with Crippen LogP contribution in [0.15, 0.2) is 58.3 Å². The molecule has 150 valence electrons. The molecular formula is C20H21N5O3S. The summed E-state index contributed by atoms with van der Waals surface area (Å²) in [4.78, 5) is 23.8. The Balaban J connectivity index is 1.41. The second-order valence-electron chi connectivity index (χ2n) is 6.76. The number of carbonyl (C=O) groups excluding carboxylic acids is 2. The van der Waals surface area contributed by atoms with Gasteiger partial charge in [-0.05, 0) is 30.5 Å². The van der Waals surface area contributed by atoms with Crippen molar-refractivity contribution in [3.8, 4) is 11.6 Å². The number of furan rings is 1. The van der Waals surface area contributed by atoms with Crippen LogP contribution in [0.5, 0.6) is 0 Å². The molecule has 1 aliphatic rings. The van der Waals surface area contributed by atoms with Gasteiger partial charge in [0.2, 0.25) is 17.6 Å². The van der Waals surface area contributed by atoms with Gasteiger partial charge in [0, 0.05) is 6.04 Å². The van der Waals surface area contributed by atoms with Crippen LogP contribution in [0.4, 0.5) is 0 Å². The van der Waals surface area contributed by atoms with Crippen molar-refractivity contribution in [1.82, 2.24) is 25.4 Å². The van der Waals surface area contributed by atoms with Gasteiger partial charge in [0.25, 0.3) is 0 Å². The number of benzene rings is 1. The maximum atomic E-state index is 12.1. The molecule has 0 aliphatic heterocycles. The Kier molecular flexibility index (Phi) is 5.95. The normalized spacial score (nSPS) is 13.2. The molecule has 2 aromatic heterocycles. The fraction of sp³-hybridized carbons (Fsp3) is 0.300. The van der Waals surface area contributed by atoms with E-state index in [0.717, 1.165) is 18.4 Å². The molecule has 0 radical (unpaired) electrons. The van der Waals surface area contributed by atoms with E-state index in [4.69, 9.17) is 4.42 Å². The fourth-order valence-electron chi connectivity index (χ4n) is 2.76. The molecule has 8 nitrogen and oxygen atoms in total. The third kappa shape index (κ3) is 5.26. The van der Waals surface area contributed by atoms with Crippen molar-refractivity contribution in [3.05, 3.63) is 54.3 Å². The Hall–Kier alpha value is -3.07. The number of carbonyl (C=O) groups is 2. The maximum Gasteiger partial charge on any atom is 0.239 e. The zero-order valence-corrected chi connectivity index (χ0v) is 16.5. The lowest BCUT2D eigenvalue weighted by Gasteiger charge is -2.09. The quantitative estimate of drug-likeness (QED) is 0.523. The first-order valence-electron chi connectivity index (χ1n) is 9.39. The predicted octanol–water partition coefficient (Wildman–Crippen LogP) is 2.07. The first-order chi connectivity index (χ1) is 14.2. The lowest BCUT2D eigenvalue weighted by Crippen LogP contribution is -2.38. The number of nitrogens with one attached hydrogen (secondary N) is 2. The van der Waals surface area contributed by atoms with E-state index in [0.29, 0.717) is 23.3 Å². The lowest BCUT2D eigenvalue weighted by molar-refractivity contribution is -0.124. The highest BCUT2D eigenvalue weighted by molar-refractivity contribution is 7.99. The van der Waals surface area contributed by atoms with Gasteiger partial charge in [-0.1, -0.05) is 42.1 Å². The minimum absolute atomic E-state index is 0.00968. The first kappa shape index (κ1) is 19.3. The van der Waals surface area contributed by atoms with Gasteiger partial charge in [-0.15, -0.1) is 10.2 Å². The molecule has 2 N–H and O–H groups in total. The molecule has 9 heteroatoms. The molecule has 1 saturated carbocycles. The SMILES string of the molecule is O=C(CSc1nnc(-c2ccco2)n1Cc1ccccc1)NCC(=O)NC1CC1. The number of thioether (sulfide) groups is 1. The topological polar surface area (TPSA) is 102 Å². The second kappa shape index (κ2) is 8.95. The Bertz CT molecular complexity index is 967. The van der Waals surface area contributed by atoms with Crippen LogP contribution in [0.1, 0.15) is 18.4 Å². The van der Waals surface area contributed by atoms with Gasteiger partial charge in [0.1, 0.15) is 0 Å². The van der Waals surface area contributed by atoms with Gasteiger partial charge >= 0.3 is 0 Å². The maximum absolute atomic E-state index is 12.1. The molecule has 29 heavy (non-hydrogen) atoms. The summed E-state index contributed by atoms with van der Waals surface area (Å²) in [6, 6.07) is 13.8. The van der Waals surface area contributed by atoms with Crippen molar-refractivity contribution in [2.75, 3.05) is 12.3 Å². The minimum atomic E-state index is -0.227. The van der Waals surface area contributed by atoms with Crippen LogP contribution in [0.25, 0.3) is 11.6 Å². The van der Waals surface area contributed by atoms with E-state index < -0.39 is 0 Å². The Labute approximate surface area is 172 Å². The first-order valence-corrected chi connectivity index (χ1v) is 10.4. The van der Waals surface area contributed by atoms with Crippen LogP contribution in [0, 0.1) is 0 Å². The van der Waals surface area contributed by atoms with Crippen molar-refractivity contribution < 1.29 is 14.0 Å². The standard InChI is InChI=1S/C20H21N5O3S/c26-17(22-15-8-9-15)11-21-18(27)13-29-20-24-23-19(16-7-4-10-28-16)25(20)12-14-5-2-1-3-6-14/h1-7,10,15H,8-9,11-13H2,(H,21,27)(H,22,26). The molecule has 0 atom stereocenters. The number of rotatable bonds is 9. The lowest BCUT2D eigenvalue weighted by atomic mass is 10.2. The van der Waals surface area contributed by atoms with Gasteiger partial charge in [-0.25, -0.2) is 0 Å². The average Bonchev–Trinajstić information content (AvgIpc) is 3.22. The third-order valence-corrected chi connectivity index (χ3v) is 5.33. The van der Waals surface area contributed by atoms with E-state index in [-0.39, 0.29) is 30.2 Å². The number of amides is 2. The van der Waals surface area contributed by atoms with E-state index in [9.17, 15) is 9.59 Å². The molecule has 4 rings (SSSR count). The highest BCUT2D eigenvalue weighted by atomic mass is 32.2. The van der Waals surface area contributed by atoms with Crippen molar-refractivity contribution in [2.24, 2.45) is 0 Å². The Morgan fingerprint density at radius 2 is 1.93 bits per heavy atom. The van der Waals surface area contributed by atoms with Crippen LogP contribution in [-0.2, 0) is 16.1 Å². The number of aromatic nitrogens is 3. The van der Waals surface area contributed by atoms with Gasteiger partial charge in [-0.3, -0.25) is 14.2 Å². The molecular weight excluding hydrogens is 390 g/mol. The van der Waals surface area contributed by atoms with Crippen LogP contribution in [0.3, 0.4) is 0 Å². The zero-order chi connectivity index (χ0) is 20.1. The second-order valence-corrected chi connectivity index (χ2v) is 7.70. The molecule has 1 fully saturated rings. The summed E-state index contributed by atoms with van der Waals surface area (Å²) in [5.74, 6) is 0.974. The zero-order valence-electron chi connectivity index (χ0n) is 15.7. The predicted molar refractivity (Wildman–Crippen MR) is 108 cm³/mol. The molecule has 2 heterocycles. The molecule has 0 unspecified atom stereocenters. The van der Waals surface area contributed by atoms with Gasteiger partial charge < -0.3 is 15.1 Å². The van der Waals surface area contributed by atoms with Crippen molar-refractivity contribution in [2.45, 2.75) is 30.6 Å². The van der Waals surface area contributed by atoms with Gasteiger partial charge in [0.15, 0.2) is 10.9 Å². The minimum Gasteiger partial charge on any atom is -0.461 e. The van der Waals surface area contributed by atoms with Crippen molar-refractivity contribution in [1.29, 1.82) is 0 Å². The molecule has 2 amide bonds. The molecule has 0 spiro atoms. The van der Waals surface area contributed by atoms with Crippen LogP contribution in [-0.4, -0.2) is 44.9 Å². The van der Waals surface area contributed by atoms with Gasteiger partial charge in [0.05, 0.1) is 25.1 Å². The monoisotopic (exact) mass is 411 g/mol. The average molecular weight is 411 g/mol. The highest BCUT2D eigenvalue weighted by Gasteiger charge is 2.23. The van der Waals surface area contributed by atoms with Crippen LogP contribution >= 0.6 is 11.8 Å². The Morgan fingerprint density at radius 1 is 1.10 bits per heavy atom. The summed E-state index contributed by atoms with van der Waals surface area (Å²) in [6.45, 7) is 0.544. The molecule has 1 aromatic carbocycles. The smallest absolute Gasteiger partial charge is 0.239 e. The number of nitrogens with zero attached hydrogens (tertiary/aromatic N) is 3. The molecule has 1 aliphatic carbocycles. The third-order valence-electron chi connectivity index (χ3n) is 4.36. The number of hydrogen-bond donors (Lipinski definition) is 2.